The number of nitrogens with zero attached hydrogens (tertiary/aromatic N) is 3. The predicted molar refractivity (Wildman–Crippen MR) is 133 cm³/mol. The van der Waals surface area contributed by atoms with Crippen molar-refractivity contribution in [3.05, 3.63) is 70.2 Å². The van der Waals surface area contributed by atoms with Crippen LogP contribution in [0.1, 0.15) is 32.3 Å². The van der Waals surface area contributed by atoms with Crippen LogP contribution in [-0.2, 0) is 4.79 Å². The molecule has 6 heteroatoms. The topological polar surface area (TPSA) is 37.6 Å². The summed E-state index contributed by atoms with van der Waals surface area (Å²) in [6.45, 7) is 7.40. The minimum Gasteiger partial charge on any atom is -0.316 e. The van der Waals surface area contributed by atoms with Crippen molar-refractivity contribution in [2.75, 3.05) is 19.6 Å². The van der Waals surface area contributed by atoms with E-state index in [9.17, 15) is 4.79 Å². The van der Waals surface area contributed by atoms with E-state index in [2.05, 4.69) is 46.0 Å². The minimum absolute atomic E-state index is 0.0628. The van der Waals surface area contributed by atoms with Crippen LogP contribution in [0.5, 0.6) is 0 Å². The number of para-hydroxylation sites is 1. The molecular formula is C25H26ClN3OS. The summed E-state index contributed by atoms with van der Waals surface area (Å²) in [4.78, 5) is 16.0. The maximum absolute atomic E-state index is 12.9. The third-order valence-corrected chi connectivity index (χ3v) is 6.72. The second-order valence-electron chi connectivity index (χ2n) is 7.55. The van der Waals surface area contributed by atoms with Gasteiger partial charge in [-0.2, -0.15) is 0 Å². The maximum Gasteiger partial charge on any atom is 0.216 e. The number of carbonyl (C=O) groups is 1. The van der Waals surface area contributed by atoms with Crippen molar-refractivity contribution in [3.8, 4) is 5.69 Å². The molecule has 0 fully saturated rings. The minimum atomic E-state index is 0.0628. The van der Waals surface area contributed by atoms with E-state index >= 15 is 0 Å². The molecule has 160 valence electrons. The highest BCUT2D eigenvalue weighted by molar-refractivity contribution is 8.04. The van der Waals surface area contributed by atoms with Gasteiger partial charge in [-0.3, -0.25) is 4.79 Å². The zero-order valence-electron chi connectivity index (χ0n) is 17.8. The molecule has 2 aromatic carbocycles. The molecule has 0 radical (unpaired) electrons. The molecular weight excluding hydrogens is 426 g/mol. The Balaban J connectivity index is 1.56. The first-order valence-electron chi connectivity index (χ1n) is 10.7. The van der Waals surface area contributed by atoms with Crippen LogP contribution in [0, 0.1) is 0 Å². The molecule has 0 aliphatic carbocycles. The molecule has 0 atom stereocenters. The van der Waals surface area contributed by atoms with Gasteiger partial charge in [-0.15, -0.1) is 0 Å². The second kappa shape index (κ2) is 9.86. The van der Waals surface area contributed by atoms with Gasteiger partial charge in [-0.25, -0.2) is 4.40 Å². The second-order valence-corrected chi connectivity index (χ2v) is 8.79. The summed E-state index contributed by atoms with van der Waals surface area (Å²) >= 11 is 7.36. The lowest BCUT2D eigenvalue weighted by molar-refractivity contribution is -0.109. The van der Waals surface area contributed by atoms with Crippen LogP contribution in [-0.4, -0.2) is 40.6 Å². The lowest BCUT2D eigenvalue weighted by Gasteiger charge is -2.17. The third kappa shape index (κ3) is 4.79. The molecule has 2 heterocycles. The van der Waals surface area contributed by atoms with Gasteiger partial charge in [0.2, 0.25) is 5.78 Å². The summed E-state index contributed by atoms with van der Waals surface area (Å²) < 4.78 is 6.61. The van der Waals surface area contributed by atoms with E-state index in [0.29, 0.717) is 15.6 Å². The zero-order chi connectivity index (χ0) is 21.8. The van der Waals surface area contributed by atoms with E-state index in [1.54, 1.807) is 0 Å². The number of aromatic nitrogens is 1. The van der Waals surface area contributed by atoms with E-state index in [-0.39, 0.29) is 5.78 Å². The van der Waals surface area contributed by atoms with Crippen LogP contribution < -0.4 is 0 Å². The fourth-order valence-corrected chi connectivity index (χ4v) is 4.76. The number of Topliss-reactive ketones (excluding diaryl/α,β-unsaturated/α-hetero) is 1. The fourth-order valence-electron chi connectivity index (χ4n) is 3.87. The largest absolute Gasteiger partial charge is 0.316 e. The van der Waals surface area contributed by atoms with E-state index in [4.69, 9.17) is 11.6 Å². The number of halogens is 1. The van der Waals surface area contributed by atoms with Crippen LogP contribution in [0.2, 0.25) is 5.02 Å². The van der Waals surface area contributed by atoms with Crippen molar-refractivity contribution in [1.29, 1.82) is 0 Å². The molecule has 4 nitrogen and oxygen atoms in total. The van der Waals surface area contributed by atoms with Crippen molar-refractivity contribution >= 4 is 52.0 Å². The zero-order valence-corrected chi connectivity index (χ0v) is 19.4. The number of hydrogen-bond acceptors (Lipinski definition) is 4. The highest BCUT2D eigenvalue weighted by Crippen LogP contribution is 2.33. The summed E-state index contributed by atoms with van der Waals surface area (Å²) in [5, 5.41) is 1.81. The Morgan fingerprint density at radius 1 is 1.10 bits per heavy atom. The summed E-state index contributed by atoms with van der Waals surface area (Å²) in [6, 6.07) is 16.0. The molecule has 0 unspecified atom stereocenters. The summed E-state index contributed by atoms with van der Waals surface area (Å²) in [6.07, 6.45) is 5.73. The molecule has 0 spiro atoms. The van der Waals surface area contributed by atoms with Crippen LogP contribution in [0.25, 0.3) is 22.7 Å². The fraction of sp³-hybridized carbons (Fsp3) is 0.280. The summed E-state index contributed by atoms with van der Waals surface area (Å²) in [5.74, 6) is 0.0628. The average molecular weight is 452 g/mol. The Labute approximate surface area is 192 Å². The molecule has 0 saturated carbocycles. The maximum atomic E-state index is 12.9. The molecule has 0 saturated heterocycles. The predicted octanol–water partition coefficient (Wildman–Crippen LogP) is 6.42. The van der Waals surface area contributed by atoms with Crippen LogP contribution in [0.4, 0.5) is 0 Å². The number of hydrogen-bond donors (Lipinski definition) is 0. The van der Waals surface area contributed by atoms with Crippen LogP contribution in [0.3, 0.4) is 0 Å². The molecule has 0 N–H and O–H groups in total. The Morgan fingerprint density at radius 2 is 1.84 bits per heavy atom. The van der Waals surface area contributed by atoms with Gasteiger partial charge >= 0.3 is 0 Å². The summed E-state index contributed by atoms with van der Waals surface area (Å²) in [7, 11) is 0. The number of ketones is 1. The van der Waals surface area contributed by atoms with E-state index in [1.165, 1.54) is 11.9 Å². The van der Waals surface area contributed by atoms with Gasteiger partial charge in [0.15, 0.2) is 0 Å². The smallest absolute Gasteiger partial charge is 0.216 e. The first-order valence-corrected chi connectivity index (χ1v) is 11.8. The summed E-state index contributed by atoms with van der Waals surface area (Å²) in [5.41, 5.74) is 3.82. The van der Waals surface area contributed by atoms with E-state index < -0.39 is 0 Å². The Kier molecular flexibility index (Phi) is 6.96. The number of benzene rings is 2. The van der Waals surface area contributed by atoms with Gasteiger partial charge in [-0.1, -0.05) is 43.6 Å². The highest BCUT2D eigenvalue weighted by Gasteiger charge is 2.24. The number of allylic oxidation sites excluding steroid dienone is 1. The molecule has 1 aliphatic rings. The van der Waals surface area contributed by atoms with Gasteiger partial charge in [0.25, 0.3) is 0 Å². The van der Waals surface area contributed by atoms with Gasteiger partial charge in [-0.05, 0) is 68.9 Å². The van der Waals surface area contributed by atoms with Crippen LogP contribution >= 0.6 is 23.5 Å². The SMILES string of the molecule is CCN(CC)CCCC1=NS/C(=C\c2cn(-c3ccc(Cl)cc3)c3ccccc23)C1=O. The van der Waals surface area contributed by atoms with Crippen LogP contribution in [0.15, 0.2) is 64.0 Å². The molecule has 1 aliphatic heterocycles. The van der Waals surface area contributed by atoms with Crippen molar-refractivity contribution in [2.45, 2.75) is 26.7 Å². The van der Waals surface area contributed by atoms with Crippen molar-refractivity contribution in [2.24, 2.45) is 4.40 Å². The molecule has 1 aromatic heterocycles. The Morgan fingerprint density at radius 3 is 2.58 bits per heavy atom. The van der Waals surface area contributed by atoms with Gasteiger partial charge < -0.3 is 9.47 Å². The van der Waals surface area contributed by atoms with E-state index in [1.807, 2.05) is 42.5 Å². The average Bonchev–Trinajstić information content (AvgIpc) is 3.33. The number of carbonyl (C=O) groups excluding carboxylic acids is 1. The molecule has 0 amide bonds. The van der Waals surface area contributed by atoms with Crippen molar-refractivity contribution < 1.29 is 4.79 Å². The quantitative estimate of drug-likeness (QED) is 0.293. The number of fused-ring (bicyclic) bond motifs is 1. The molecule has 0 bridgehead atoms. The lowest BCUT2D eigenvalue weighted by Crippen LogP contribution is -2.24. The lowest BCUT2D eigenvalue weighted by atomic mass is 10.1. The van der Waals surface area contributed by atoms with Crippen molar-refractivity contribution in [3.63, 3.8) is 0 Å². The first kappa shape index (κ1) is 21.9. The standard InChI is InChI=1S/C25H26ClN3OS/c1-3-28(4-2)15-7-9-22-25(30)24(31-27-22)16-18-17-29(20-13-11-19(26)12-14-20)23-10-6-5-8-21(18)23/h5-6,8,10-14,16-17H,3-4,7,9,15H2,1-2H3/b24-16-. The molecule has 3 aromatic rings. The van der Waals surface area contributed by atoms with Crippen molar-refractivity contribution in [1.82, 2.24) is 9.47 Å². The normalized spacial score (nSPS) is 15.4. The van der Waals surface area contributed by atoms with Gasteiger partial charge in [0.1, 0.15) is 0 Å². The first-order chi connectivity index (χ1) is 15.1. The molecule has 4 rings (SSSR count). The monoisotopic (exact) mass is 451 g/mol. The Bertz CT molecular complexity index is 1140. The number of rotatable bonds is 8. The Hall–Kier alpha value is -2.34. The molecule has 31 heavy (non-hydrogen) atoms. The van der Waals surface area contributed by atoms with E-state index in [0.717, 1.165) is 54.6 Å². The van der Waals surface area contributed by atoms with Gasteiger partial charge in [0.05, 0.1) is 16.1 Å². The highest BCUT2D eigenvalue weighted by atomic mass is 35.5. The van der Waals surface area contributed by atoms with Gasteiger partial charge in [0, 0.05) is 39.8 Å². The third-order valence-electron chi connectivity index (χ3n) is 5.66.